The Morgan fingerprint density at radius 2 is 1.00 bits per heavy atom. The first-order valence-electron chi connectivity index (χ1n) is 10.6. The molecule has 0 bridgehead atoms. The van der Waals surface area contributed by atoms with E-state index in [-0.39, 0.29) is 29.6 Å². The van der Waals surface area contributed by atoms with Crippen LogP contribution in [0.1, 0.15) is 109 Å². The molecule has 0 heterocycles. The van der Waals surface area contributed by atoms with Gasteiger partial charge in [0.15, 0.2) is 0 Å². The minimum atomic E-state index is 0. The molecule has 1 rings (SSSR count). The van der Waals surface area contributed by atoms with Gasteiger partial charge in [0.05, 0.1) is 0 Å². The van der Waals surface area contributed by atoms with Gasteiger partial charge in [-0.25, -0.2) is 0 Å². The molecule has 0 saturated heterocycles. The molecule has 0 aliphatic rings. The molecule has 1 aromatic rings. The van der Waals surface area contributed by atoms with Crippen LogP contribution in [0.25, 0.3) is 0 Å². The van der Waals surface area contributed by atoms with E-state index in [0.29, 0.717) is 5.75 Å². The maximum Gasteiger partial charge on any atom is 0.118 e. The fraction of sp³-hybridized carbons (Fsp3) is 0.739. The van der Waals surface area contributed by atoms with Gasteiger partial charge in [-0.15, -0.1) is 0 Å². The van der Waals surface area contributed by atoms with E-state index < -0.39 is 0 Å². The van der Waals surface area contributed by atoms with Gasteiger partial charge in [-0.3, -0.25) is 0 Å². The van der Waals surface area contributed by atoms with Crippen LogP contribution in [0.5, 0.6) is 5.75 Å². The molecule has 1 radical (unpaired) electrons. The molecule has 0 amide bonds. The zero-order valence-corrected chi connectivity index (χ0v) is 19.1. The molecule has 25 heavy (non-hydrogen) atoms. The molecule has 1 nitrogen and oxygen atoms in total. The number of phenols is 1. The first-order valence-corrected chi connectivity index (χ1v) is 10.6. The summed E-state index contributed by atoms with van der Waals surface area (Å²) >= 11 is 0. The van der Waals surface area contributed by atoms with Crippen molar-refractivity contribution in [1.29, 1.82) is 0 Å². The van der Waals surface area contributed by atoms with E-state index in [9.17, 15) is 5.11 Å². The van der Waals surface area contributed by atoms with Crippen molar-refractivity contribution >= 4 is 29.6 Å². The molecule has 0 saturated carbocycles. The van der Waals surface area contributed by atoms with E-state index >= 15 is 0 Å². The zero-order chi connectivity index (χ0) is 17.3. The molecule has 0 unspecified atom stereocenters. The average Bonchev–Trinajstić information content (AvgIpc) is 2.60. The molecule has 1 N–H and O–H groups in total. The van der Waals surface area contributed by atoms with Crippen molar-refractivity contribution in [2.45, 2.75) is 110 Å². The second kappa shape index (κ2) is 18.8. The van der Waals surface area contributed by atoms with E-state index in [1.165, 1.54) is 96.3 Å². The summed E-state index contributed by atoms with van der Waals surface area (Å²) in [7, 11) is 0. The van der Waals surface area contributed by atoms with Crippen molar-refractivity contribution in [3.8, 4) is 5.75 Å². The third-order valence-corrected chi connectivity index (χ3v) is 5.04. The minimum Gasteiger partial charge on any atom is -0.508 e. The Balaban J connectivity index is 0.00000576. The van der Waals surface area contributed by atoms with Crippen LogP contribution in [0.2, 0.25) is 0 Å². The van der Waals surface area contributed by atoms with Gasteiger partial charge in [0.25, 0.3) is 0 Å². The smallest absolute Gasteiger partial charge is 0.118 e. The molecule has 0 aliphatic heterocycles. The first kappa shape index (κ1) is 25.0. The Morgan fingerprint density at radius 3 is 1.44 bits per heavy atom. The fourth-order valence-corrected chi connectivity index (χ4v) is 3.41. The SMILES string of the molecule is CCCCCCCCCCCCCCCCCc1ccccc1O.[Na]. The van der Waals surface area contributed by atoms with Gasteiger partial charge in [0, 0.05) is 29.6 Å². The Bertz CT molecular complexity index is 391. The van der Waals surface area contributed by atoms with Gasteiger partial charge in [0.2, 0.25) is 0 Å². The van der Waals surface area contributed by atoms with Gasteiger partial charge in [0.1, 0.15) is 5.75 Å². The second-order valence-electron chi connectivity index (χ2n) is 7.33. The van der Waals surface area contributed by atoms with Crippen LogP contribution in [0.15, 0.2) is 24.3 Å². The monoisotopic (exact) mass is 355 g/mol. The summed E-state index contributed by atoms with van der Waals surface area (Å²) in [5.41, 5.74) is 1.10. The average molecular weight is 356 g/mol. The number of aromatic hydroxyl groups is 1. The van der Waals surface area contributed by atoms with Gasteiger partial charge in [-0.2, -0.15) is 0 Å². The summed E-state index contributed by atoms with van der Waals surface area (Å²) in [6.07, 6.45) is 22.0. The van der Waals surface area contributed by atoms with E-state index in [0.717, 1.165) is 12.0 Å². The summed E-state index contributed by atoms with van der Waals surface area (Å²) in [4.78, 5) is 0. The topological polar surface area (TPSA) is 20.2 Å². The number of rotatable bonds is 16. The molecule has 0 atom stereocenters. The Hall–Kier alpha value is 0.0200. The van der Waals surface area contributed by atoms with Crippen LogP contribution in [0, 0.1) is 0 Å². The van der Waals surface area contributed by atoms with Crippen LogP contribution in [0.3, 0.4) is 0 Å². The van der Waals surface area contributed by atoms with Gasteiger partial charge in [-0.1, -0.05) is 115 Å². The van der Waals surface area contributed by atoms with Crippen molar-refractivity contribution in [3.05, 3.63) is 29.8 Å². The Kier molecular flexibility index (Phi) is 18.8. The summed E-state index contributed by atoms with van der Waals surface area (Å²) in [6.45, 7) is 2.29. The van der Waals surface area contributed by atoms with Gasteiger partial charge >= 0.3 is 0 Å². The number of benzene rings is 1. The normalized spacial score (nSPS) is 10.6. The standard InChI is InChI=1S/C23H40O.Na/c1-2-3-4-5-6-7-8-9-10-11-12-13-14-15-16-19-22-20-17-18-21-23(22)24;/h17-18,20-21,24H,2-16,19H2,1H3;. The predicted octanol–water partition coefficient (Wildman–Crippen LogP) is 7.43. The molecule has 0 spiro atoms. The molecular weight excluding hydrogens is 315 g/mol. The first-order chi connectivity index (χ1) is 11.8. The van der Waals surface area contributed by atoms with Crippen LogP contribution in [0.4, 0.5) is 0 Å². The summed E-state index contributed by atoms with van der Waals surface area (Å²) in [6, 6.07) is 7.74. The van der Waals surface area contributed by atoms with Crippen molar-refractivity contribution in [3.63, 3.8) is 0 Å². The maximum atomic E-state index is 9.73. The molecular formula is C23H40NaO. The zero-order valence-electron chi connectivity index (χ0n) is 17.1. The van der Waals surface area contributed by atoms with Crippen molar-refractivity contribution in [1.82, 2.24) is 0 Å². The third kappa shape index (κ3) is 14.8. The number of unbranched alkanes of at least 4 members (excludes halogenated alkanes) is 14. The predicted molar refractivity (Wildman–Crippen MR) is 112 cm³/mol. The van der Waals surface area contributed by atoms with E-state index in [1.807, 2.05) is 18.2 Å². The third-order valence-electron chi connectivity index (χ3n) is 5.04. The minimum absolute atomic E-state index is 0. The largest absolute Gasteiger partial charge is 0.508 e. The van der Waals surface area contributed by atoms with Crippen LogP contribution >= 0.6 is 0 Å². The van der Waals surface area contributed by atoms with Gasteiger partial charge in [-0.05, 0) is 24.5 Å². The van der Waals surface area contributed by atoms with Gasteiger partial charge < -0.3 is 5.11 Å². The number of para-hydroxylation sites is 1. The molecule has 0 fully saturated rings. The quantitative estimate of drug-likeness (QED) is 0.241. The Labute approximate surface area is 179 Å². The van der Waals surface area contributed by atoms with Crippen LogP contribution < -0.4 is 0 Å². The van der Waals surface area contributed by atoms with E-state index in [1.54, 1.807) is 6.07 Å². The molecule has 1 aromatic carbocycles. The van der Waals surface area contributed by atoms with E-state index in [2.05, 4.69) is 6.92 Å². The van der Waals surface area contributed by atoms with Crippen LogP contribution in [-0.4, -0.2) is 34.7 Å². The van der Waals surface area contributed by atoms with Crippen molar-refractivity contribution in [2.75, 3.05) is 0 Å². The molecule has 2 heteroatoms. The summed E-state index contributed by atoms with van der Waals surface area (Å²) in [5.74, 6) is 0.461. The number of hydrogen-bond acceptors (Lipinski definition) is 1. The number of phenolic OH excluding ortho intramolecular Hbond substituents is 1. The fourth-order valence-electron chi connectivity index (χ4n) is 3.41. The molecule has 0 aliphatic carbocycles. The van der Waals surface area contributed by atoms with Crippen molar-refractivity contribution < 1.29 is 5.11 Å². The van der Waals surface area contributed by atoms with E-state index in [4.69, 9.17) is 0 Å². The number of aryl methyl sites for hydroxylation is 1. The summed E-state index contributed by atoms with van der Waals surface area (Å²) in [5, 5.41) is 9.73. The van der Waals surface area contributed by atoms with Crippen LogP contribution in [-0.2, 0) is 6.42 Å². The maximum absolute atomic E-state index is 9.73. The molecule has 139 valence electrons. The molecule has 0 aromatic heterocycles. The number of hydrogen-bond donors (Lipinski definition) is 1. The summed E-state index contributed by atoms with van der Waals surface area (Å²) < 4.78 is 0. The van der Waals surface area contributed by atoms with Crippen molar-refractivity contribution in [2.24, 2.45) is 0 Å². The second-order valence-corrected chi connectivity index (χ2v) is 7.33. The Morgan fingerprint density at radius 1 is 0.600 bits per heavy atom.